The summed E-state index contributed by atoms with van der Waals surface area (Å²) in [5.41, 5.74) is 8.97. The quantitative estimate of drug-likeness (QED) is 0.0914. The van der Waals surface area contributed by atoms with Gasteiger partial charge in [0.05, 0.1) is 6.54 Å². The van der Waals surface area contributed by atoms with E-state index in [1.165, 1.54) is 16.7 Å². The number of hydrogen-bond donors (Lipinski definition) is 3. The van der Waals surface area contributed by atoms with E-state index in [-0.39, 0.29) is 36.7 Å². The molecule has 3 heterocycles. The number of carbonyl (C=O) groups is 6. The van der Waals surface area contributed by atoms with E-state index >= 15 is 0 Å². The molecule has 1 aromatic carbocycles. The number of fused-ring (bicyclic) bond motifs is 1. The molecular weight excluding hydrogens is 576 g/mol. The van der Waals surface area contributed by atoms with Gasteiger partial charge >= 0.3 is 23.8 Å². The van der Waals surface area contributed by atoms with Gasteiger partial charge in [-0.15, -0.1) is 23.5 Å². The van der Waals surface area contributed by atoms with Gasteiger partial charge in [-0.3, -0.25) is 29.0 Å². The molecule has 1 aromatic rings. The molecule has 0 radical (unpaired) electrons. The van der Waals surface area contributed by atoms with Crippen LogP contribution in [0.25, 0.3) is 10.4 Å². The molecule has 41 heavy (non-hydrogen) atoms. The average molecular weight is 603 g/mol. The second-order valence-corrected chi connectivity index (χ2v) is 11.2. The minimum atomic E-state index is -1.57. The van der Waals surface area contributed by atoms with Crippen molar-refractivity contribution in [3.05, 3.63) is 57.6 Å². The molecule has 3 aliphatic heterocycles. The predicted octanol–water partition coefficient (Wildman–Crippen LogP) is 0.868. The number of thioether (sulfide) groups is 2. The zero-order chi connectivity index (χ0) is 29.9. The van der Waals surface area contributed by atoms with Crippen LogP contribution in [-0.2, 0) is 24.0 Å². The minimum Gasteiger partial charge on any atom is -0.477 e. The summed E-state index contributed by atoms with van der Waals surface area (Å²) in [4.78, 5) is 81.5. The van der Waals surface area contributed by atoms with Crippen molar-refractivity contribution in [2.75, 3.05) is 38.2 Å². The summed E-state index contributed by atoms with van der Waals surface area (Å²) in [6.07, 6.45) is 1.59. The molecule has 6 amide bonds. The van der Waals surface area contributed by atoms with E-state index in [2.05, 4.69) is 20.7 Å². The lowest BCUT2D eigenvalue weighted by atomic mass is 10.00. The van der Waals surface area contributed by atoms with E-state index in [0.717, 1.165) is 21.6 Å². The SMILES string of the molecule is CCN1CCN(C(=O)NC(C(=O)N[C@]2(SC)C(=O)N3C(C(=O)O)=C(CN=[N+]=[N-])CS[C@H]32)c2ccccc2)C(=O)C1=O. The normalized spacial score (nSPS) is 22.8. The molecule has 15 nitrogen and oxygen atoms in total. The Balaban J connectivity index is 1.59. The molecule has 216 valence electrons. The number of benzene rings is 1. The molecule has 0 aromatic heterocycles. The second-order valence-electron chi connectivity index (χ2n) is 9.05. The van der Waals surface area contributed by atoms with Crippen LogP contribution in [0.5, 0.6) is 0 Å². The number of piperazine rings is 1. The Labute approximate surface area is 242 Å². The first-order valence-corrected chi connectivity index (χ1v) is 14.6. The highest BCUT2D eigenvalue weighted by atomic mass is 32.2. The molecule has 2 fully saturated rings. The van der Waals surface area contributed by atoms with Gasteiger partial charge in [0.1, 0.15) is 17.1 Å². The highest BCUT2D eigenvalue weighted by Crippen LogP contribution is 2.50. The highest BCUT2D eigenvalue weighted by molar-refractivity contribution is 8.05. The molecule has 3 atom stereocenters. The topological polar surface area (TPSA) is 205 Å². The number of rotatable bonds is 9. The average Bonchev–Trinajstić information content (AvgIpc) is 2.98. The molecule has 0 saturated carbocycles. The lowest BCUT2D eigenvalue weighted by Gasteiger charge is -2.56. The monoisotopic (exact) mass is 602 g/mol. The van der Waals surface area contributed by atoms with Crippen LogP contribution in [0, 0.1) is 0 Å². The number of carbonyl (C=O) groups excluding carboxylic acids is 5. The first-order valence-electron chi connectivity index (χ1n) is 12.4. The summed E-state index contributed by atoms with van der Waals surface area (Å²) in [5, 5.41) is 17.7. The van der Waals surface area contributed by atoms with Crippen LogP contribution in [0.2, 0.25) is 0 Å². The number of β-lactam (4-membered cyclic amide) rings is 1. The van der Waals surface area contributed by atoms with Gasteiger partial charge in [0.25, 0.3) is 5.91 Å². The van der Waals surface area contributed by atoms with Crippen LogP contribution in [0.15, 0.2) is 46.7 Å². The van der Waals surface area contributed by atoms with Gasteiger partial charge in [-0.2, -0.15) is 0 Å². The third kappa shape index (κ3) is 5.30. The van der Waals surface area contributed by atoms with Crippen molar-refractivity contribution in [3.8, 4) is 0 Å². The molecule has 0 aliphatic carbocycles. The van der Waals surface area contributed by atoms with Gasteiger partial charge in [-0.1, -0.05) is 35.4 Å². The van der Waals surface area contributed by atoms with Crippen LogP contribution in [0.4, 0.5) is 4.79 Å². The Bertz CT molecular complexity index is 1380. The number of urea groups is 1. The first kappa shape index (κ1) is 29.8. The van der Waals surface area contributed by atoms with Gasteiger partial charge in [0.2, 0.25) is 5.91 Å². The van der Waals surface area contributed by atoms with Gasteiger partial charge in [-0.25, -0.2) is 9.59 Å². The summed E-state index contributed by atoms with van der Waals surface area (Å²) < 4.78 is 0. The molecular formula is C24H26N8O7S2. The number of azide groups is 1. The van der Waals surface area contributed by atoms with Crippen LogP contribution < -0.4 is 10.6 Å². The number of aliphatic carboxylic acids is 1. The number of amides is 6. The Hall–Kier alpha value is -4.21. The van der Waals surface area contributed by atoms with E-state index in [0.29, 0.717) is 12.1 Å². The van der Waals surface area contributed by atoms with E-state index in [1.54, 1.807) is 43.5 Å². The number of carboxylic acid groups (broad SMARTS) is 1. The molecule has 3 aliphatic rings. The van der Waals surface area contributed by atoms with Crippen molar-refractivity contribution in [1.29, 1.82) is 0 Å². The second kappa shape index (κ2) is 12.1. The van der Waals surface area contributed by atoms with E-state index < -0.39 is 51.9 Å². The Morgan fingerprint density at radius 1 is 1.22 bits per heavy atom. The van der Waals surface area contributed by atoms with Crippen molar-refractivity contribution in [1.82, 2.24) is 25.3 Å². The summed E-state index contributed by atoms with van der Waals surface area (Å²) in [7, 11) is 0. The summed E-state index contributed by atoms with van der Waals surface area (Å²) >= 11 is 2.21. The smallest absolute Gasteiger partial charge is 0.352 e. The zero-order valence-electron chi connectivity index (χ0n) is 22.0. The molecule has 3 N–H and O–H groups in total. The maximum atomic E-state index is 13.7. The van der Waals surface area contributed by atoms with Gasteiger partial charge in [0.15, 0.2) is 4.87 Å². The fourth-order valence-electron chi connectivity index (χ4n) is 4.75. The maximum Gasteiger partial charge on any atom is 0.352 e. The van der Waals surface area contributed by atoms with Gasteiger partial charge < -0.3 is 20.6 Å². The molecule has 1 unspecified atom stereocenters. The summed E-state index contributed by atoms with van der Waals surface area (Å²) in [6, 6.07) is 5.84. The minimum absolute atomic E-state index is 0.0588. The number of hydrogen-bond acceptors (Lipinski definition) is 9. The van der Waals surface area contributed by atoms with E-state index in [4.69, 9.17) is 5.53 Å². The largest absolute Gasteiger partial charge is 0.477 e. The maximum absolute atomic E-state index is 13.7. The Morgan fingerprint density at radius 3 is 2.54 bits per heavy atom. The van der Waals surface area contributed by atoms with E-state index in [9.17, 15) is 33.9 Å². The fraction of sp³-hybridized carbons (Fsp3) is 0.417. The first-order chi connectivity index (χ1) is 19.6. The van der Waals surface area contributed by atoms with Crippen molar-refractivity contribution in [2.24, 2.45) is 5.11 Å². The highest BCUT2D eigenvalue weighted by Gasteiger charge is 2.65. The number of nitrogens with one attached hydrogen (secondary N) is 2. The number of nitrogens with zero attached hydrogens (tertiary/aromatic N) is 6. The Kier molecular flexibility index (Phi) is 8.80. The molecule has 2 saturated heterocycles. The fourth-order valence-corrected chi connectivity index (χ4v) is 7.36. The molecule has 0 bridgehead atoms. The summed E-state index contributed by atoms with van der Waals surface area (Å²) in [6.45, 7) is 1.88. The number of likely N-dealkylation sites (N-methyl/N-ethyl adjacent to an activating group) is 1. The standard InChI is InChI=1S/C24H26N8O7S2/c1-3-30-9-10-31(19(35)18(30)34)23(39)27-15(13-7-5-4-6-8-13)17(33)28-24(40-2)21(38)32-16(20(36)37)14(11-26-29-25)12-41-22(24)32/h4-8,15,22H,3,9-12H2,1-2H3,(H,27,39)(H,28,33)(H,36,37)/t15?,22-,24-/m0/s1. The number of carboxylic acids is 1. The van der Waals surface area contributed by atoms with Crippen molar-refractivity contribution in [3.63, 3.8) is 0 Å². The van der Waals surface area contributed by atoms with Crippen LogP contribution in [-0.4, -0.2) is 104 Å². The third-order valence-electron chi connectivity index (χ3n) is 6.87. The van der Waals surface area contributed by atoms with Crippen molar-refractivity contribution >= 4 is 59.2 Å². The number of imide groups is 1. The van der Waals surface area contributed by atoms with Gasteiger partial charge in [0, 0.05) is 30.3 Å². The van der Waals surface area contributed by atoms with Crippen molar-refractivity contribution in [2.45, 2.75) is 23.2 Å². The zero-order valence-corrected chi connectivity index (χ0v) is 23.6. The molecule has 4 rings (SSSR count). The lowest BCUT2D eigenvalue weighted by molar-refractivity contribution is -0.153. The Morgan fingerprint density at radius 2 is 1.93 bits per heavy atom. The van der Waals surface area contributed by atoms with E-state index in [1.807, 2.05) is 0 Å². The third-order valence-corrected chi connectivity index (χ3v) is 9.56. The van der Waals surface area contributed by atoms with Crippen molar-refractivity contribution < 1.29 is 33.9 Å². The van der Waals surface area contributed by atoms with Crippen LogP contribution in [0.3, 0.4) is 0 Å². The van der Waals surface area contributed by atoms with Crippen LogP contribution >= 0.6 is 23.5 Å². The predicted molar refractivity (Wildman–Crippen MR) is 148 cm³/mol. The summed E-state index contributed by atoms with van der Waals surface area (Å²) in [5.74, 6) is -4.54. The van der Waals surface area contributed by atoms with Gasteiger partial charge in [-0.05, 0) is 29.8 Å². The molecule has 0 spiro atoms. The lowest BCUT2D eigenvalue weighted by Crippen LogP contribution is -2.78. The molecule has 17 heteroatoms. The van der Waals surface area contributed by atoms with Crippen LogP contribution in [0.1, 0.15) is 18.5 Å².